The Labute approximate surface area is 172 Å². The standard InChI is InChI=1S/C21H23FN4O4/c1-13(23-20(27)12-30-18-5-3-2-4-15(18)22)16-11-21(28)26-19(24-16)10-17(25-26)14-6-8-29-9-7-14/h2-5,10-11,13-14,25H,6-9,12H2,1H3,(H,23,27). The summed E-state index contributed by atoms with van der Waals surface area (Å²) in [7, 11) is 0. The van der Waals surface area contributed by atoms with Crippen LogP contribution in [0.15, 0.2) is 41.2 Å². The lowest BCUT2D eigenvalue weighted by Crippen LogP contribution is -2.32. The maximum Gasteiger partial charge on any atom is 0.272 e. The normalized spacial score (nSPS) is 15.8. The summed E-state index contributed by atoms with van der Waals surface area (Å²) in [5, 5.41) is 5.85. The summed E-state index contributed by atoms with van der Waals surface area (Å²) in [4.78, 5) is 29.2. The van der Waals surface area contributed by atoms with E-state index in [1.54, 1.807) is 19.1 Å². The van der Waals surface area contributed by atoms with Gasteiger partial charge in [-0.25, -0.2) is 13.9 Å². The number of amides is 1. The van der Waals surface area contributed by atoms with Crippen LogP contribution in [0.25, 0.3) is 5.65 Å². The average Bonchev–Trinajstić information content (AvgIpc) is 3.19. The number of benzene rings is 1. The molecule has 1 amide bonds. The van der Waals surface area contributed by atoms with Gasteiger partial charge in [-0.1, -0.05) is 12.1 Å². The van der Waals surface area contributed by atoms with Gasteiger partial charge >= 0.3 is 0 Å². The number of aromatic amines is 1. The molecular weight excluding hydrogens is 391 g/mol. The molecule has 1 fully saturated rings. The van der Waals surface area contributed by atoms with Crippen molar-refractivity contribution in [1.82, 2.24) is 19.9 Å². The molecule has 2 aromatic heterocycles. The van der Waals surface area contributed by atoms with Crippen LogP contribution in [0.5, 0.6) is 5.75 Å². The van der Waals surface area contributed by atoms with Crippen molar-refractivity contribution >= 4 is 11.6 Å². The van der Waals surface area contributed by atoms with Crippen molar-refractivity contribution in [2.24, 2.45) is 0 Å². The Hall–Kier alpha value is -3.20. The van der Waals surface area contributed by atoms with E-state index < -0.39 is 17.8 Å². The van der Waals surface area contributed by atoms with Gasteiger partial charge in [-0.2, -0.15) is 0 Å². The second-order valence-electron chi connectivity index (χ2n) is 7.32. The van der Waals surface area contributed by atoms with Gasteiger partial charge in [-0.15, -0.1) is 0 Å². The number of H-pyrrole nitrogens is 1. The fourth-order valence-electron chi connectivity index (χ4n) is 3.53. The molecule has 3 aromatic rings. The topological polar surface area (TPSA) is 97.7 Å². The van der Waals surface area contributed by atoms with Gasteiger partial charge in [0.25, 0.3) is 11.5 Å². The molecule has 0 spiro atoms. The zero-order valence-electron chi connectivity index (χ0n) is 16.6. The lowest BCUT2D eigenvalue weighted by atomic mass is 9.97. The number of rotatable bonds is 6. The van der Waals surface area contributed by atoms with Crippen molar-refractivity contribution in [3.05, 3.63) is 64.0 Å². The molecule has 4 rings (SSSR count). The molecule has 158 valence electrons. The van der Waals surface area contributed by atoms with Crippen molar-refractivity contribution in [3.8, 4) is 5.75 Å². The van der Waals surface area contributed by atoms with Crippen LogP contribution < -0.4 is 15.6 Å². The summed E-state index contributed by atoms with van der Waals surface area (Å²) in [5.74, 6) is -0.669. The monoisotopic (exact) mass is 414 g/mol. The molecule has 2 N–H and O–H groups in total. The van der Waals surface area contributed by atoms with Gasteiger partial charge in [0.15, 0.2) is 23.8 Å². The number of aromatic nitrogens is 3. The van der Waals surface area contributed by atoms with Gasteiger partial charge in [-0.3, -0.25) is 14.7 Å². The molecule has 0 aliphatic carbocycles. The first-order valence-corrected chi connectivity index (χ1v) is 9.88. The van der Waals surface area contributed by atoms with Crippen molar-refractivity contribution in [3.63, 3.8) is 0 Å². The predicted molar refractivity (Wildman–Crippen MR) is 107 cm³/mol. The highest BCUT2D eigenvalue weighted by atomic mass is 19.1. The first-order chi connectivity index (χ1) is 14.5. The predicted octanol–water partition coefficient (Wildman–Crippen LogP) is 2.31. The van der Waals surface area contributed by atoms with Gasteiger partial charge in [0.05, 0.1) is 11.7 Å². The third-order valence-corrected chi connectivity index (χ3v) is 5.17. The summed E-state index contributed by atoms with van der Waals surface area (Å²) in [6.45, 7) is 2.78. The Balaban J connectivity index is 1.44. The fraction of sp³-hybridized carbons (Fsp3) is 0.381. The molecule has 1 aliphatic heterocycles. The van der Waals surface area contributed by atoms with Gasteiger partial charge in [-0.05, 0) is 31.9 Å². The second-order valence-corrected chi connectivity index (χ2v) is 7.32. The first kappa shape index (κ1) is 20.1. The van der Waals surface area contributed by atoms with Crippen LogP contribution in [0.2, 0.25) is 0 Å². The lowest BCUT2D eigenvalue weighted by molar-refractivity contribution is -0.123. The van der Waals surface area contributed by atoms with Crippen LogP contribution in [0.4, 0.5) is 4.39 Å². The summed E-state index contributed by atoms with van der Waals surface area (Å²) >= 11 is 0. The first-order valence-electron chi connectivity index (χ1n) is 9.88. The summed E-state index contributed by atoms with van der Waals surface area (Å²) < 4.78 is 25.6. The van der Waals surface area contributed by atoms with E-state index in [1.165, 1.54) is 22.7 Å². The van der Waals surface area contributed by atoms with Crippen molar-refractivity contribution < 1.29 is 18.7 Å². The maximum atomic E-state index is 13.6. The number of hydrogen-bond donors (Lipinski definition) is 2. The Bertz CT molecular complexity index is 1100. The SMILES string of the molecule is CC(NC(=O)COc1ccccc1F)c1cc(=O)n2[nH]c(C3CCOCC3)cc2n1. The molecule has 0 saturated carbocycles. The van der Waals surface area contributed by atoms with Crippen LogP contribution in [0.3, 0.4) is 0 Å². The van der Waals surface area contributed by atoms with Crippen LogP contribution >= 0.6 is 0 Å². The molecule has 0 bridgehead atoms. The molecule has 0 radical (unpaired) electrons. The van der Waals surface area contributed by atoms with Gasteiger partial charge in [0.2, 0.25) is 0 Å². The highest BCUT2D eigenvalue weighted by Gasteiger charge is 2.20. The van der Waals surface area contributed by atoms with E-state index in [2.05, 4.69) is 15.4 Å². The Morgan fingerprint density at radius 2 is 2.13 bits per heavy atom. The van der Waals surface area contributed by atoms with Crippen LogP contribution in [0.1, 0.15) is 43.1 Å². The van der Waals surface area contributed by atoms with Gasteiger partial charge in [0.1, 0.15) is 0 Å². The number of carbonyl (C=O) groups is 1. The molecule has 8 nitrogen and oxygen atoms in total. The molecule has 9 heteroatoms. The Morgan fingerprint density at radius 1 is 1.37 bits per heavy atom. The number of hydrogen-bond acceptors (Lipinski definition) is 5. The fourth-order valence-corrected chi connectivity index (χ4v) is 3.53. The van der Waals surface area contributed by atoms with E-state index in [-0.39, 0.29) is 17.9 Å². The molecule has 1 aromatic carbocycles. The number of ether oxygens (including phenoxy) is 2. The molecule has 30 heavy (non-hydrogen) atoms. The molecule has 1 atom stereocenters. The summed E-state index contributed by atoms with van der Waals surface area (Å²) in [6.07, 6.45) is 1.78. The minimum absolute atomic E-state index is 0.00561. The largest absolute Gasteiger partial charge is 0.481 e. The van der Waals surface area contributed by atoms with Crippen molar-refractivity contribution in [2.75, 3.05) is 19.8 Å². The third kappa shape index (κ3) is 4.35. The number of para-hydroxylation sites is 1. The van der Waals surface area contributed by atoms with Crippen molar-refractivity contribution in [2.45, 2.75) is 31.7 Å². The number of fused-ring (bicyclic) bond motifs is 1. The van der Waals surface area contributed by atoms with Gasteiger partial charge < -0.3 is 14.8 Å². The molecule has 1 aliphatic rings. The number of carbonyl (C=O) groups excluding carboxylic acids is 1. The second kappa shape index (κ2) is 8.66. The van der Waals surface area contributed by atoms with Crippen molar-refractivity contribution in [1.29, 1.82) is 0 Å². The Kier molecular flexibility index (Phi) is 5.80. The van der Waals surface area contributed by atoms with E-state index in [0.29, 0.717) is 30.5 Å². The van der Waals surface area contributed by atoms with Crippen LogP contribution in [0, 0.1) is 5.82 Å². The summed E-state index contributed by atoms with van der Waals surface area (Å²) in [5.41, 5.74) is 1.64. The van der Waals surface area contributed by atoms with Crippen LogP contribution in [-0.2, 0) is 9.53 Å². The zero-order valence-corrected chi connectivity index (χ0v) is 16.6. The number of nitrogens with one attached hydrogen (secondary N) is 2. The minimum atomic E-state index is -0.536. The molecule has 1 unspecified atom stereocenters. The van der Waals surface area contributed by atoms with Crippen LogP contribution in [-0.4, -0.2) is 40.3 Å². The average molecular weight is 414 g/mol. The van der Waals surface area contributed by atoms with Gasteiger partial charge in [0, 0.05) is 37.0 Å². The zero-order chi connectivity index (χ0) is 21.1. The molecule has 1 saturated heterocycles. The number of nitrogens with zero attached hydrogens (tertiary/aromatic N) is 2. The van der Waals surface area contributed by atoms with E-state index in [0.717, 1.165) is 18.5 Å². The Morgan fingerprint density at radius 3 is 2.90 bits per heavy atom. The van der Waals surface area contributed by atoms with E-state index >= 15 is 0 Å². The minimum Gasteiger partial charge on any atom is -0.481 e. The quantitative estimate of drug-likeness (QED) is 0.645. The highest BCUT2D eigenvalue weighted by Crippen LogP contribution is 2.26. The van der Waals surface area contributed by atoms with E-state index in [1.807, 2.05) is 6.07 Å². The van der Waals surface area contributed by atoms with E-state index in [9.17, 15) is 14.0 Å². The smallest absolute Gasteiger partial charge is 0.272 e. The lowest BCUT2D eigenvalue weighted by Gasteiger charge is -2.20. The van der Waals surface area contributed by atoms with E-state index in [4.69, 9.17) is 9.47 Å². The molecule has 3 heterocycles. The molecular formula is C21H23FN4O4. The highest BCUT2D eigenvalue weighted by molar-refractivity contribution is 5.78. The third-order valence-electron chi connectivity index (χ3n) is 5.17. The maximum absolute atomic E-state index is 13.6. The summed E-state index contributed by atoms with van der Waals surface area (Å²) in [6, 6.07) is 8.62. The number of halogens is 1.